The van der Waals surface area contributed by atoms with E-state index in [2.05, 4.69) is 9.88 Å². The van der Waals surface area contributed by atoms with Crippen LogP contribution >= 0.6 is 0 Å². The van der Waals surface area contributed by atoms with Crippen molar-refractivity contribution in [3.63, 3.8) is 0 Å². The van der Waals surface area contributed by atoms with E-state index in [-0.39, 0.29) is 5.91 Å². The summed E-state index contributed by atoms with van der Waals surface area (Å²) in [6.07, 6.45) is 0.931. The number of nitrogens with two attached hydrogens (primary N) is 1. The third-order valence-electron chi connectivity index (χ3n) is 5.41. The first-order valence-electron chi connectivity index (χ1n) is 8.66. The molecule has 0 spiro atoms. The van der Waals surface area contributed by atoms with Gasteiger partial charge in [0.2, 0.25) is 5.91 Å². The van der Waals surface area contributed by atoms with E-state index >= 15 is 0 Å². The molecule has 0 radical (unpaired) electrons. The summed E-state index contributed by atoms with van der Waals surface area (Å²) in [5, 5.41) is 0. The molecule has 2 saturated heterocycles. The lowest BCUT2D eigenvalue weighted by Gasteiger charge is -2.48. The summed E-state index contributed by atoms with van der Waals surface area (Å²) >= 11 is 0. The lowest BCUT2D eigenvalue weighted by atomic mass is 9.83. The van der Waals surface area contributed by atoms with Crippen molar-refractivity contribution >= 4 is 11.7 Å². The van der Waals surface area contributed by atoms with Gasteiger partial charge in [0.15, 0.2) is 0 Å². The highest BCUT2D eigenvalue weighted by atomic mass is 19.4. The van der Waals surface area contributed by atoms with Crippen molar-refractivity contribution in [2.24, 2.45) is 5.73 Å². The first-order valence-corrected chi connectivity index (χ1v) is 8.66. The monoisotopic (exact) mass is 356 g/mol. The maximum atomic E-state index is 12.6. The Hall–Kier alpha value is -1.83. The van der Waals surface area contributed by atoms with E-state index in [0.29, 0.717) is 31.7 Å². The van der Waals surface area contributed by atoms with Crippen molar-refractivity contribution in [3.8, 4) is 0 Å². The van der Waals surface area contributed by atoms with Gasteiger partial charge in [0.05, 0.1) is 5.56 Å². The van der Waals surface area contributed by atoms with Gasteiger partial charge < -0.3 is 10.6 Å². The van der Waals surface area contributed by atoms with Crippen LogP contribution in [-0.2, 0) is 11.0 Å². The number of rotatable bonds is 3. The number of hydrogen-bond donors (Lipinski definition) is 1. The minimum atomic E-state index is -4.39. The smallest absolute Gasteiger partial charge is 0.368 e. The minimum absolute atomic E-state index is 0.297. The predicted molar refractivity (Wildman–Crippen MR) is 88.0 cm³/mol. The molecular weight excluding hydrogens is 333 g/mol. The summed E-state index contributed by atoms with van der Waals surface area (Å²) in [6, 6.07) is 2.43. The van der Waals surface area contributed by atoms with Crippen LogP contribution in [0.15, 0.2) is 18.3 Å². The maximum Gasteiger partial charge on any atom is 0.417 e. The number of likely N-dealkylation sites (tertiary alicyclic amines) is 1. The number of anilines is 1. The number of nitrogens with zero attached hydrogens (tertiary/aromatic N) is 3. The van der Waals surface area contributed by atoms with Gasteiger partial charge in [-0.05, 0) is 50.9 Å². The zero-order valence-electron chi connectivity index (χ0n) is 14.1. The fourth-order valence-electron chi connectivity index (χ4n) is 3.89. The second kappa shape index (κ2) is 6.82. The Morgan fingerprint density at radius 3 is 2.20 bits per heavy atom. The molecule has 0 bridgehead atoms. The number of carbonyl (C=O) groups is 1. The first-order chi connectivity index (χ1) is 11.8. The van der Waals surface area contributed by atoms with E-state index in [1.807, 2.05) is 4.90 Å². The van der Waals surface area contributed by atoms with E-state index in [1.54, 1.807) is 0 Å². The molecule has 5 nitrogen and oxygen atoms in total. The molecule has 2 N–H and O–H groups in total. The Kier molecular flexibility index (Phi) is 4.90. The van der Waals surface area contributed by atoms with Gasteiger partial charge >= 0.3 is 6.18 Å². The standard InChI is InChI=1S/C17H23F3N4O/c18-17(19,20)13-4-5-14(22-12-13)23-10-6-16(7-11-23,15(21)25)24-8-2-1-3-9-24/h4-5,12H,1-3,6-11H2,(H2,21,25). The van der Waals surface area contributed by atoms with Crippen LogP contribution in [-0.4, -0.2) is 47.5 Å². The molecule has 2 aliphatic rings. The number of piperidine rings is 2. The molecular formula is C17H23F3N4O. The second-order valence-corrected chi connectivity index (χ2v) is 6.83. The number of aromatic nitrogens is 1. The number of amides is 1. The van der Waals surface area contributed by atoms with Crippen molar-refractivity contribution in [1.82, 2.24) is 9.88 Å². The summed E-state index contributed by atoms with van der Waals surface area (Å²) in [5.74, 6) is 0.208. The van der Waals surface area contributed by atoms with Crippen molar-refractivity contribution in [2.45, 2.75) is 43.8 Å². The molecule has 0 unspecified atom stereocenters. The normalized spacial score (nSPS) is 22.0. The Morgan fingerprint density at radius 1 is 1.08 bits per heavy atom. The van der Waals surface area contributed by atoms with Crippen LogP contribution in [0.25, 0.3) is 0 Å². The van der Waals surface area contributed by atoms with Gasteiger partial charge in [-0.15, -0.1) is 0 Å². The fourth-order valence-corrected chi connectivity index (χ4v) is 3.89. The number of primary amides is 1. The molecule has 3 rings (SSSR count). The van der Waals surface area contributed by atoms with Gasteiger partial charge in [-0.2, -0.15) is 13.2 Å². The zero-order chi connectivity index (χ0) is 18.1. The molecule has 1 aromatic rings. The van der Waals surface area contributed by atoms with E-state index in [9.17, 15) is 18.0 Å². The van der Waals surface area contributed by atoms with Crippen LogP contribution in [0.1, 0.15) is 37.7 Å². The Balaban J connectivity index is 1.70. The van der Waals surface area contributed by atoms with Gasteiger partial charge in [-0.3, -0.25) is 9.69 Å². The van der Waals surface area contributed by atoms with Gasteiger partial charge in [-0.25, -0.2) is 4.98 Å². The SMILES string of the molecule is NC(=O)C1(N2CCCCC2)CCN(c2ccc(C(F)(F)F)cn2)CC1. The van der Waals surface area contributed by atoms with E-state index in [0.717, 1.165) is 38.2 Å². The molecule has 1 amide bonds. The van der Waals surface area contributed by atoms with Crippen LogP contribution < -0.4 is 10.6 Å². The van der Waals surface area contributed by atoms with Gasteiger partial charge in [0.1, 0.15) is 11.4 Å². The number of alkyl halides is 3. The third kappa shape index (κ3) is 3.58. The quantitative estimate of drug-likeness (QED) is 0.903. The topological polar surface area (TPSA) is 62.5 Å². The highest BCUT2D eigenvalue weighted by Gasteiger charge is 2.45. The summed E-state index contributed by atoms with van der Waals surface area (Å²) in [6.45, 7) is 2.86. The third-order valence-corrected chi connectivity index (χ3v) is 5.41. The zero-order valence-corrected chi connectivity index (χ0v) is 14.1. The van der Waals surface area contributed by atoms with Crippen molar-refractivity contribution < 1.29 is 18.0 Å². The lowest BCUT2D eigenvalue weighted by molar-refractivity contribution is -0.138. The number of halogens is 3. The van der Waals surface area contributed by atoms with Crippen molar-refractivity contribution in [2.75, 3.05) is 31.1 Å². The largest absolute Gasteiger partial charge is 0.417 e. The molecule has 2 fully saturated rings. The Bertz CT molecular complexity index is 603. The maximum absolute atomic E-state index is 12.6. The summed E-state index contributed by atoms with van der Waals surface area (Å²) < 4.78 is 37.9. The average molecular weight is 356 g/mol. The van der Waals surface area contributed by atoms with E-state index in [4.69, 9.17) is 5.73 Å². The molecule has 0 saturated carbocycles. The summed E-state index contributed by atoms with van der Waals surface area (Å²) in [7, 11) is 0. The molecule has 138 valence electrons. The van der Waals surface area contributed by atoms with Crippen LogP contribution in [0.2, 0.25) is 0 Å². The fraction of sp³-hybridized carbons (Fsp3) is 0.647. The lowest BCUT2D eigenvalue weighted by Crippen LogP contribution is -2.63. The minimum Gasteiger partial charge on any atom is -0.368 e. The van der Waals surface area contributed by atoms with Crippen LogP contribution in [0.3, 0.4) is 0 Å². The van der Waals surface area contributed by atoms with Crippen molar-refractivity contribution in [1.29, 1.82) is 0 Å². The summed E-state index contributed by atoms with van der Waals surface area (Å²) in [4.78, 5) is 20.3. The van der Waals surface area contributed by atoms with Crippen molar-refractivity contribution in [3.05, 3.63) is 23.9 Å². The number of pyridine rings is 1. The van der Waals surface area contributed by atoms with Gasteiger partial charge in [0, 0.05) is 19.3 Å². The average Bonchev–Trinajstić information content (AvgIpc) is 2.62. The molecule has 25 heavy (non-hydrogen) atoms. The second-order valence-electron chi connectivity index (χ2n) is 6.83. The van der Waals surface area contributed by atoms with Gasteiger partial charge in [-0.1, -0.05) is 6.42 Å². The Labute approximate surface area is 145 Å². The molecule has 3 heterocycles. The number of hydrogen-bond acceptors (Lipinski definition) is 4. The highest BCUT2D eigenvalue weighted by molar-refractivity contribution is 5.85. The molecule has 8 heteroatoms. The van der Waals surface area contributed by atoms with Gasteiger partial charge in [0.25, 0.3) is 0 Å². The Morgan fingerprint density at radius 2 is 1.72 bits per heavy atom. The van der Waals surface area contributed by atoms with Crippen LogP contribution in [0.5, 0.6) is 0 Å². The van der Waals surface area contributed by atoms with Crippen LogP contribution in [0, 0.1) is 0 Å². The predicted octanol–water partition coefficient (Wildman–Crippen LogP) is 2.41. The van der Waals surface area contributed by atoms with E-state index < -0.39 is 17.3 Å². The first kappa shape index (κ1) is 18.0. The number of carbonyl (C=O) groups excluding carboxylic acids is 1. The highest BCUT2D eigenvalue weighted by Crippen LogP contribution is 2.34. The molecule has 0 aliphatic carbocycles. The summed E-state index contributed by atoms with van der Waals surface area (Å²) in [5.41, 5.74) is 4.35. The molecule has 0 aromatic carbocycles. The molecule has 0 atom stereocenters. The molecule has 2 aliphatic heterocycles. The van der Waals surface area contributed by atoms with E-state index in [1.165, 1.54) is 12.5 Å². The molecule has 1 aromatic heterocycles. The van der Waals surface area contributed by atoms with Crippen LogP contribution in [0.4, 0.5) is 19.0 Å².